The molecule has 1 aliphatic heterocycles. The van der Waals surface area contributed by atoms with Gasteiger partial charge in [-0.05, 0) is 37.5 Å². The van der Waals surface area contributed by atoms with Crippen LogP contribution < -0.4 is 10.6 Å². The summed E-state index contributed by atoms with van der Waals surface area (Å²) in [5, 5.41) is 5.35. The van der Waals surface area contributed by atoms with Gasteiger partial charge in [0.15, 0.2) is 0 Å². The number of amides is 2. The summed E-state index contributed by atoms with van der Waals surface area (Å²) in [5.41, 5.74) is 0.514. The van der Waals surface area contributed by atoms with Gasteiger partial charge < -0.3 is 20.1 Å². The number of hydrogen-bond donors (Lipinski definition) is 2. The molecule has 1 fully saturated rings. The Labute approximate surface area is 150 Å². The van der Waals surface area contributed by atoms with Gasteiger partial charge in [-0.3, -0.25) is 9.59 Å². The summed E-state index contributed by atoms with van der Waals surface area (Å²) in [6, 6.07) is 7.02. The van der Waals surface area contributed by atoms with E-state index in [4.69, 9.17) is 9.47 Å². The molecule has 2 rings (SSSR count). The average Bonchev–Trinajstić information content (AvgIpc) is 3.09. The van der Waals surface area contributed by atoms with Crippen LogP contribution in [0.5, 0.6) is 0 Å². The number of nitrogens with one attached hydrogen (secondary N) is 2. The Morgan fingerprint density at radius 1 is 1.33 bits per heavy atom. The highest BCUT2D eigenvalue weighted by Crippen LogP contribution is 2.12. The quantitative estimate of drug-likeness (QED) is 0.622. The molecule has 2 N–H and O–H groups in total. The molecule has 0 spiro atoms. The Morgan fingerprint density at radius 2 is 2.21 bits per heavy atom. The van der Waals surface area contributed by atoms with E-state index < -0.39 is 0 Å². The second-order valence-corrected chi connectivity index (χ2v) is 6.52. The molecule has 1 atom stereocenters. The van der Waals surface area contributed by atoms with Gasteiger partial charge in [-0.2, -0.15) is 0 Å². The van der Waals surface area contributed by atoms with Gasteiger partial charge in [0.1, 0.15) is 0 Å². The van der Waals surface area contributed by atoms with Crippen molar-refractivity contribution in [2.75, 3.05) is 32.9 Å². The Bertz CT molecular complexity index is 547. The van der Waals surface area contributed by atoms with E-state index in [1.54, 1.807) is 18.2 Å². The van der Waals surface area contributed by atoms with E-state index in [0.717, 1.165) is 30.3 Å². The molecule has 0 saturated carbocycles. The van der Waals surface area contributed by atoms with Gasteiger partial charge in [0.05, 0.1) is 19.3 Å². The first-order valence-electron chi connectivity index (χ1n) is 8.15. The molecule has 1 aromatic rings. The molecule has 132 valence electrons. The van der Waals surface area contributed by atoms with Gasteiger partial charge in [0.25, 0.3) is 5.91 Å². The van der Waals surface area contributed by atoms with Crippen molar-refractivity contribution in [2.24, 2.45) is 0 Å². The van der Waals surface area contributed by atoms with E-state index in [2.05, 4.69) is 26.6 Å². The highest BCUT2D eigenvalue weighted by Gasteiger charge is 2.15. The van der Waals surface area contributed by atoms with Crippen LogP contribution in [0.4, 0.5) is 0 Å². The maximum Gasteiger partial charge on any atom is 0.251 e. The van der Waals surface area contributed by atoms with E-state index in [1.807, 2.05) is 6.07 Å². The van der Waals surface area contributed by atoms with E-state index in [9.17, 15) is 9.59 Å². The summed E-state index contributed by atoms with van der Waals surface area (Å²) in [6.45, 7) is 2.52. The van der Waals surface area contributed by atoms with Gasteiger partial charge in [-0.25, -0.2) is 0 Å². The minimum absolute atomic E-state index is 0.0396. The minimum Gasteiger partial charge on any atom is -0.379 e. The molecule has 1 saturated heterocycles. The highest BCUT2D eigenvalue weighted by atomic mass is 79.9. The van der Waals surface area contributed by atoms with Gasteiger partial charge >= 0.3 is 0 Å². The first-order valence-corrected chi connectivity index (χ1v) is 8.94. The molecule has 1 aliphatic rings. The van der Waals surface area contributed by atoms with Crippen molar-refractivity contribution in [3.05, 3.63) is 34.3 Å². The highest BCUT2D eigenvalue weighted by molar-refractivity contribution is 9.10. The zero-order valence-corrected chi connectivity index (χ0v) is 15.1. The standard InChI is InChI=1S/C17H23BrN2O4/c18-14-5-1-4-13(10-14)17(22)20-11-16(21)19-7-3-8-23-12-15-6-2-9-24-15/h1,4-5,10,15H,2-3,6-9,11-12H2,(H,19,21)(H,20,22). The molecule has 0 aliphatic carbocycles. The van der Waals surface area contributed by atoms with Crippen molar-refractivity contribution in [3.8, 4) is 0 Å². The number of ether oxygens (including phenoxy) is 2. The first-order chi connectivity index (χ1) is 11.6. The Hall–Kier alpha value is -1.44. The number of benzene rings is 1. The summed E-state index contributed by atoms with van der Waals surface area (Å²) < 4.78 is 11.8. The maximum absolute atomic E-state index is 11.9. The van der Waals surface area contributed by atoms with Crippen LogP contribution in [-0.2, 0) is 14.3 Å². The third-order valence-electron chi connectivity index (χ3n) is 3.61. The van der Waals surface area contributed by atoms with Gasteiger partial charge in [-0.1, -0.05) is 22.0 Å². The zero-order chi connectivity index (χ0) is 17.2. The van der Waals surface area contributed by atoms with Gasteiger partial charge in [-0.15, -0.1) is 0 Å². The third kappa shape index (κ3) is 6.98. The van der Waals surface area contributed by atoms with Crippen molar-refractivity contribution < 1.29 is 19.1 Å². The van der Waals surface area contributed by atoms with E-state index in [-0.39, 0.29) is 24.5 Å². The monoisotopic (exact) mass is 398 g/mol. The normalized spacial score (nSPS) is 16.8. The topological polar surface area (TPSA) is 76.7 Å². The van der Waals surface area contributed by atoms with Crippen LogP contribution >= 0.6 is 15.9 Å². The van der Waals surface area contributed by atoms with Crippen molar-refractivity contribution in [2.45, 2.75) is 25.4 Å². The lowest BCUT2D eigenvalue weighted by molar-refractivity contribution is -0.120. The fourth-order valence-electron chi connectivity index (χ4n) is 2.35. The lowest BCUT2D eigenvalue weighted by Gasteiger charge is -2.10. The van der Waals surface area contributed by atoms with Crippen LogP contribution in [0.1, 0.15) is 29.6 Å². The number of halogens is 1. The van der Waals surface area contributed by atoms with E-state index in [0.29, 0.717) is 25.3 Å². The Kier molecular flexibility index (Phi) is 8.21. The number of hydrogen-bond acceptors (Lipinski definition) is 4. The number of carbonyl (C=O) groups excluding carboxylic acids is 2. The van der Waals surface area contributed by atoms with Crippen LogP contribution in [0.2, 0.25) is 0 Å². The predicted molar refractivity (Wildman–Crippen MR) is 93.9 cm³/mol. The lowest BCUT2D eigenvalue weighted by Crippen LogP contribution is -2.37. The second kappa shape index (κ2) is 10.4. The van der Waals surface area contributed by atoms with Crippen LogP contribution in [0.3, 0.4) is 0 Å². The fraction of sp³-hybridized carbons (Fsp3) is 0.529. The van der Waals surface area contributed by atoms with Crippen molar-refractivity contribution in [1.82, 2.24) is 10.6 Å². The first kappa shape index (κ1) is 18.9. The average molecular weight is 399 g/mol. The van der Waals surface area contributed by atoms with E-state index in [1.165, 1.54) is 0 Å². The molecular formula is C17H23BrN2O4. The zero-order valence-electron chi connectivity index (χ0n) is 13.6. The molecule has 6 nitrogen and oxygen atoms in total. The van der Waals surface area contributed by atoms with E-state index >= 15 is 0 Å². The van der Waals surface area contributed by atoms with Crippen LogP contribution in [-0.4, -0.2) is 50.8 Å². The molecule has 24 heavy (non-hydrogen) atoms. The molecule has 1 heterocycles. The van der Waals surface area contributed by atoms with Crippen molar-refractivity contribution in [1.29, 1.82) is 0 Å². The SMILES string of the molecule is O=C(CNC(=O)c1cccc(Br)c1)NCCCOCC1CCCO1. The summed E-state index contributed by atoms with van der Waals surface area (Å²) in [5.74, 6) is -0.483. The Balaban J connectivity index is 1.51. The Morgan fingerprint density at radius 3 is 2.96 bits per heavy atom. The molecular weight excluding hydrogens is 376 g/mol. The van der Waals surface area contributed by atoms with Crippen LogP contribution in [0.25, 0.3) is 0 Å². The summed E-state index contributed by atoms with van der Waals surface area (Å²) in [7, 11) is 0. The molecule has 1 unspecified atom stereocenters. The number of carbonyl (C=O) groups is 2. The van der Waals surface area contributed by atoms with Crippen molar-refractivity contribution >= 4 is 27.7 Å². The fourth-order valence-corrected chi connectivity index (χ4v) is 2.75. The lowest BCUT2D eigenvalue weighted by atomic mass is 10.2. The minimum atomic E-state index is -0.272. The largest absolute Gasteiger partial charge is 0.379 e. The molecule has 7 heteroatoms. The molecule has 1 aromatic carbocycles. The van der Waals surface area contributed by atoms with Crippen LogP contribution in [0, 0.1) is 0 Å². The summed E-state index contributed by atoms with van der Waals surface area (Å²) >= 11 is 3.31. The van der Waals surface area contributed by atoms with Gasteiger partial charge in [0, 0.05) is 29.8 Å². The molecule has 0 radical (unpaired) electrons. The third-order valence-corrected chi connectivity index (χ3v) is 4.10. The summed E-state index contributed by atoms with van der Waals surface area (Å²) in [4.78, 5) is 23.6. The van der Waals surface area contributed by atoms with Gasteiger partial charge in [0.2, 0.25) is 5.91 Å². The number of rotatable bonds is 9. The smallest absolute Gasteiger partial charge is 0.251 e. The maximum atomic E-state index is 11.9. The molecule has 0 bridgehead atoms. The second-order valence-electron chi connectivity index (χ2n) is 5.61. The van der Waals surface area contributed by atoms with Crippen LogP contribution in [0.15, 0.2) is 28.7 Å². The molecule has 0 aromatic heterocycles. The predicted octanol–water partition coefficient (Wildman–Crippen LogP) is 1.88. The summed E-state index contributed by atoms with van der Waals surface area (Å²) in [6.07, 6.45) is 3.13. The van der Waals surface area contributed by atoms with Crippen molar-refractivity contribution in [3.63, 3.8) is 0 Å². The molecule has 2 amide bonds.